The van der Waals surface area contributed by atoms with E-state index in [4.69, 9.17) is 34.3 Å². The van der Waals surface area contributed by atoms with Crippen LogP contribution in [0.25, 0.3) is 5.69 Å². The van der Waals surface area contributed by atoms with Gasteiger partial charge in [0.25, 0.3) is 0 Å². The van der Waals surface area contributed by atoms with Crippen molar-refractivity contribution in [3.8, 4) is 5.69 Å². The summed E-state index contributed by atoms with van der Waals surface area (Å²) in [4.78, 5) is 0.0892. The largest absolute Gasteiger partial charge is 0.611 e. The zero-order chi connectivity index (χ0) is 19.1. The maximum Gasteiger partial charge on any atom is 0.416 e. The van der Waals surface area contributed by atoms with Crippen LogP contribution in [-0.4, -0.2) is 31.9 Å². The number of halogens is 5. The van der Waals surface area contributed by atoms with Gasteiger partial charge in [-0.05, 0) is 29.6 Å². The first-order chi connectivity index (χ1) is 11.5. The van der Waals surface area contributed by atoms with Gasteiger partial charge in [0.1, 0.15) is 17.0 Å². The summed E-state index contributed by atoms with van der Waals surface area (Å²) in [5.41, 5.74) is 4.90. The molecule has 0 amide bonds. The molecule has 0 saturated carbocycles. The predicted molar refractivity (Wildman–Crippen MR) is 95.7 cm³/mol. The molecule has 2 aromatic rings. The second-order valence-electron chi connectivity index (χ2n) is 4.75. The summed E-state index contributed by atoms with van der Waals surface area (Å²) >= 11 is 11.4. The van der Waals surface area contributed by atoms with Crippen LogP contribution in [0.2, 0.25) is 10.0 Å². The van der Waals surface area contributed by atoms with Crippen LogP contribution in [0.15, 0.2) is 17.0 Å². The number of anilines is 1. The van der Waals surface area contributed by atoms with Gasteiger partial charge in [0.05, 0.1) is 15.6 Å². The van der Waals surface area contributed by atoms with Crippen LogP contribution < -0.4 is 5.73 Å². The third kappa shape index (κ3) is 3.87. The molecule has 1 atom stereocenters. The van der Waals surface area contributed by atoms with Gasteiger partial charge in [-0.2, -0.15) is 18.3 Å². The maximum atomic E-state index is 12.9. The zero-order valence-corrected chi connectivity index (χ0v) is 15.9. The van der Waals surface area contributed by atoms with Crippen molar-refractivity contribution < 1.29 is 17.7 Å². The monoisotopic (exact) mass is 430 g/mol. The van der Waals surface area contributed by atoms with Crippen molar-refractivity contribution in [3.63, 3.8) is 0 Å². The first-order valence-electron chi connectivity index (χ1n) is 6.40. The predicted octanol–water partition coefficient (Wildman–Crippen LogP) is 4.21. The van der Waals surface area contributed by atoms with E-state index in [0.29, 0.717) is 12.1 Å². The Kier molecular flexibility index (Phi) is 5.89. The number of nitrogens with zero attached hydrogens (tertiary/aromatic N) is 2. The smallest absolute Gasteiger partial charge is 0.416 e. The fraction of sp³-hybridized carbons (Fsp3) is 0.231. The van der Waals surface area contributed by atoms with Crippen molar-refractivity contribution >= 4 is 57.0 Å². The van der Waals surface area contributed by atoms with Gasteiger partial charge in [0.2, 0.25) is 4.90 Å². The highest BCUT2D eigenvalue weighted by atomic mass is 35.5. The highest BCUT2D eigenvalue weighted by molar-refractivity contribution is 8.13. The number of nitrogen functional groups attached to an aromatic ring is 1. The quantitative estimate of drug-likeness (QED) is 0.433. The molecule has 0 bridgehead atoms. The molecule has 5 nitrogen and oxygen atoms in total. The van der Waals surface area contributed by atoms with E-state index in [2.05, 4.69) is 5.10 Å². The third-order valence-electron chi connectivity index (χ3n) is 3.14. The molecule has 136 valence electrons. The minimum absolute atomic E-state index is 0.00481. The third-order valence-corrected chi connectivity index (χ3v) is 5.29. The van der Waals surface area contributed by atoms with Crippen molar-refractivity contribution in [2.45, 2.75) is 11.1 Å². The van der Waals surface area contributed by atoms with Crippen molar-refractivity contribution in [2.75, 3.05) is 18.2 Å². The van der Waals surface area contributed by atoms with E-state index in [9.17, 15) is 17.7 Å². The summed E-state index contributed by atoms with van der Waals surface area (Å²) in [7, 11) is 0. The molecular weight excluding hydrogens is 420 g/mol. The Labute approximate surface area is 158 Å². The Balaban J connectivity index is 2.73. The van der Waals surface area contributed by atoms with Gasteiger partial charge < -0.3 is 10.3 Å². The summed E-state index contributed by atoms with van der Waals surface area (Å²) in [6.07, 6.45) is -1.65. The molecule has 0 aliphatic rings. The highest BCUT2D eigenvalue weighted by Gasteiger charge is 2.34. The van der Waals surface area contributed by atoms with Crippen LogP contribution in [0.4, 0.5) is 19.0 Å². The van der Waals surface area contributed by atoms with Crippen molar-refractivity contribution in [3.05, 3.63) is 33.4 Å². The molecule has 0 saturated heterocycles. The fourth-order valence-corrected chi connectivity index (χ4v) is 3.89. The average molecular weight is 431 g/mol. The van der Waals surface area contributed by atoms with Gasteiger partial charge in [0, 0.05) is 0 Å². The Morgan fingerprint density at radius 1 is 1.36 bits per heavy atom. The number of rotatable bonds is 3. The molecule has 1 unspecified atom stereocenters. The standard InChI is InChI=1S/C13H11Cl2F3N4OS2/c1-24-12(20)8-10(25(2)23)11(19)22(21-8)9-6(14)3-5(4-7(9)15)13(16,17)18/h3-4,20H,19H2,1-2H3. The van der Waals surface area contributed by atoms with Crippen LogP contribution in [0.5, 0.6) is 0 Å². The molecule has 25 heavy (non-hydrogen) atoms. The molecule has 0 aliphatic carbocycles. The van der Waals surface area contributed by atoms with Crippen LogP contribution >= 0.6 is 35.0 Å². The second-order valence-corrected chi connectivity index (χ2v) is 7.70. The number of hydrogen-bond donors (Lipinski definition) is 2. The van der Waals surface area contributed by atoms with E-state index in [1.807, 2.05) is 0 Å². The molecular formula is C13H11Cl2F3N4OS2. The fourth-order valence-electron chi connectivity index (χ4n) is 2.05. The molecule has 12 heteroatoms. The summed E-state index contributed by atoms with van der Waals surface area (Å²) in [6, 6.07) is 1.40. The number of nitrogens with two attached hydrogens (primary N) is 1. The Hall–Kier alpha value is -1.07. The van der Waals surface area contributed by atoms with Gasteiger partial charge in [0.15, 0.2) is 11.5 Å². The van der Waals surface area contributed by atoms with Crippen molar-refractivity contribution in [1.29, 1.82) is 5.41 Å². The lowest BCUT2D eigenvalue weighted by atomic mass is 10.2. The number of hydrogen-bond acceptors (Lipinski definition) is 5. The first kappa shape index (κ1) is 20.2. The van der Waals surface area contributed by atoms with E-state index in [-0.39, 0.29) is 37.2 Å². The molecule has 1 heterocycles. The first-order valence-corrected chi connectivity index (χ1v) is 9.94. The molecule has 0 aliphatic heterocycles. The van der Waals surface area contributed by atoms with Gasteiger partial charge >= 0.3 is 6.18 Å². The maximum absolute atomic E-state index is 12.9. The van der Waals surface area contributed by atoms with Crippen LogP contribution in [-0.2, 0) is 17.4 Å². The molecule has 0 fully saturated rings. The number of benzene rings is 1. The Morgan fingerprint density at radius 3 is 2.28 bits per heavy atom. The molecule has 1 aromatic heterocycles. The second kappa shape index (κ2) is 7.28. The summed E-state index contributed by atoms with van der Waals surface area (Å²) in [5, 5.41) is 11.3. The van der Waals surface area contributed by atoms with E-state index in [1.165, 1.54) is 6.26 Å². The summed E-state index contributed by atoms with van der Waals surface area (Å²) in [5.74, 6) is -0.113. The number of nitrogens with one attached hydrogen (secondary N) is 1. The molecule has 0 spiro atoms. The van der Waals surface area contributed by atoms with E-state index in [0.717, 1.165) is 16.4 Å². The minimum atomic E-state index is -4.62. The summed E-state index contributed by atoms with van der Waals surface area (Å²) < 4.78 is 51.5. The number of aromatic nitrogens is 2. The van der Waals surface area contributed by atoms with Gasteiger partial charge in [-0.3, -0.25) is 5.41 Å². The number of alkyl halides is 3. The number of thioether (sulfide) groups is 1. The van der Waals surface area contributed by atoms with Crippen molar-refractivity contribution in [2.24, 2.45) is 0 Å². The van der Waals surface area contributed by atoms with E-state index < -0.39 is 22.9 Å². The highest BCUT2D eigenvalue weighted by Crippen LogP contribution is 2.39. The lowest BCUT2D eigenvalue weighted by Gasteiger charge is -2.13. The van der Waals surface area contributed by atoms with Gasteiger partial charge in [-0.1, -0.05) is 23.2 Å². The Morgan fingerprint density at radius 2 is 1.88 bits per heavy atom. The minimum Gasteiger partial charge on any atom is -0.611 e. The summed E-state index contributed by atoms with van der Waals surface area (Å²) in [6.45, 7) is 0. The topological polar surface area (TPSA) is 90.8 Å². The lowest BCUT2D eigenvalue weighted by molar-refractivity contribution is -0.137. The molecule has 0 radical (unpaired) electrons. The Bertz CT molecular complexity index is 816. The zero-order valence-electron chi connectivity index (χ0n) is 12.7. The lowest BCUT2D eigenvalue weighted by Crippen LogP contribution is -2.09. The van der Waals surface area contributed by atoms with E-state index >= 15 is 0 Å². The van der Waals surface area contributed by atoms with Crippen molar-refractivity contribution in [1.82, 2.24) is 9.78 Å². The van der Waals surface area contributed by atoms with Gasteiger partial charge in [-0.15, -0.1) is 11.8 Å². The molecule has 3 N–H and O–H groups in total. The molecule has 2 rings (SSSR count). The average Bonchev–Trinajstić information content (AvgIpc) is 2.82. The van der Waals surface area contributed by atoms with Crippen LogP contribution in [0.1, 0.15) is 11.3 Å². The van der Waals surface area contributed by atoms with Crippen LogP contribution in [0, 0.1) is 5.41 Å². The van der Waals surface area contributed by atoms with Crippen LogP contribution in [0.3, 0.4) is 0 Å². The SMILES string of the molecule is CSC(=N)c1nn(-c2c(Cl)cc(C(F)(F)F)cc2Cl)c(N)c1[S+](C)[O-]. The molecule has 1 aromatic carbocycles. The normalized spacial score (nSPS) is 13.1. The van der Waals surface area contributed by atoms with E-state index in [1.54, 1.807) is 6.26 Å². The van der Waals surface area contributed by atoms with Gasteiger partial charge in [-0.25, -0.2) is 4.68 Å².